The Labute approximate surface area is 87.7 Å². The third-order valence-electron chi connectivity index (χ3n) is 1.34. The highest BCUT2D eigenvalue weighted by Crippen LogP contribution is 2.13. The molecular weight excluding hydrogens is 224 g/mol. The molecular formula is C6H6N4S3. The summed E-state index contributed by atoms with van der Waals surface area (Å²) in [5.74, 6) is 0. The van der Waals surface area contributed by atoms with E-state index < -0.39 is 0 Å². The number of nitrogens with one attached hydrogen (secondary N) is 2. The van der Waals surface area contributed by atoms with Gasteiger partial charge in [0.25, 0.3) is 0 Å². The number of aromatic amines is 1. The van der Waals surface area contributed by atoms with Crippen molar-refractivity contribution in [3.05, 3.63) is 20.5 Å². The number of H-pyrrole nitrogens is 1. The van der Waals surface area contributed by atoms with Crippen LogP contribution in [0.2, 0.25) is 0 Å². The van der Waals surface area contributed by atoms with Crippen molar-refractivity contribution in [3.63, 3.8) is 0 Å². The highest BCUT2D eigenvalue weighted by Gasteiger charge is 1.97. The average Bonchev–Trinajstić information content (AvgIpc) is 2.71. The third-order valence-corrected chi connectivity index (χ3v) is 3.16. The Kier molecular flexibility index (Phi) is 2.67. The van der Waals surface area contributed by atoms with Gasteiger partial charge in [-0.05, 0) is 12.2 Å². The molecule has 0 bridgehead atoms. The molecule has 4 nitrogen and oxygen atoms in total. The summed E-state index contributed by atoms with van der Waals surface area (Å²) in [6.07, 6.45) is 1.84. The zero-order chi connectivity index (χ0) is 9.10. The van der Waals surface area contributed by atoms with E-state index in [0.717, 1.165) is 11.7 Å². The van der Waals surface area contributed by atoms with E-state index in [-0.39, 0.29) is 0 Å². The fourth-order valence-electron chi connectivity index (χ4n) is 0.798. The van der Waals surface area contributed by atoms with Crippen LogP contribution >= 0.6 is 34.9 Å². The predicted octanol–water partition coefficient (Wildman–Crippen LogP) is 2.27. The van der Waals surface area contributed by atoms with E-state index >= 15 is 0 Å². The summed E-state index contributed by atoms with van der Waals surface area (Å²) >= 11 is 7.94. The molecule has 13 heavy (non-hydrogen) atoms. The number of aromatic nitrogens is 3. The minimum absolute atomic E-state index is 0.687. The first kappa shape index (κ1) is 8.79. The molecule has 0 unspecified atom stereocenters. The van der Waals surface area contributed by atoms with Gasteiger partial charge in [-0.25, -0.2) is 0 Å². The van der Waals surface area contributed by atoms with Crippen molar-refractivity contribution >= 4 is 40.0 Å². The molecule has 68 valence electrons. The van der Waals surface area contributed by atoms with Crippen molar-refractivity contribution in [2.24, 2.45) is 0 Å². The summed E-state index contributed by atoms with van der Waals surface area (Å²) in [5, 5.41) is 10.7. The Morgan fingerprint density at radius 1 is 1.62 bits per heavy atom. The zero-order valence-corrected chi connectivity index (χ0v) is 8.93. The first-order valence-electron chi connectivity index (χ1n) is 3.51. The van der Waals surface area contributed by atoms with Gasteiger partial charge in [-0.2, -0.15) is 0 Å². The van der Waals surface area contributed by atoms with Crippen LogP contribution in [0, 0.1) is 3.95 Å². The first-order valence-corrected chi connectivity index (χ1v) is 5.62. The number of thiazole rings is 1. The lowest BCUT2D eigenvalue weighted by molar-refractivity contribution is 1.05. The van der Waals surface area contributed by atoms with Gasteiger partial charge >= 0.3 is 0 Å². The lowest BCUT2D eigenvalue weighted by Gasteiger charge is -1.96. The number of nitrogens with zero attached hydrogens (tertiary/aromatic N) is 2. The van der Waals surface area contributed by atoms with Crippen molar-refractivity contribution in [1.82, 2.24) is 15.2 Å². The van der Waals surface area contributed by atoms with E-state index in [9.17, 15) is 0 Å². The minimum Gasteiger partial charge on any atom is -0.355 e. The molecule has 0 spiro atoms. The van der Waals surface area contributed by atoms with Gasteiger partial charge < -0.3 is 5.32 Å². The molecule has 0 aromatic carbocycles. The topological polar surface area (TPSA) is 53.6 Å². The molecule has 2 heterocycles. The summed E-state index contributed by atoms with van der Waals surface area (Å²) in [7, 11) is 0. The normalized spacial score (nSPS) is 10.2. The van der Waals surface area contributed by atoms with Crippen molar-refractivity contribution < 1.29 is 0 Å². The van der Waals surface area contributed by atoms with Crippen molar-refractivity contribution in [3.8, 4) is 0 Å². The molecule has 2 N–H and O–H groups in total. The molecule has 2 aromatic heterocycles. The third kappa shape index (κ3) is 2.33. The maximum Gasteiger partial charge on any atom is 0.204 e. The number of hydrogen-bond donors (Lipinski definition) is 2. The lowest BCUT2D eigenvalue weighted by atomic mass is 10.5. The molecule has 0 fully saturated rings. The number of anilines is 1. The van der Waals surface area contributed by atoms with Gasteiger partial charge in [0.1, 0.15) is 0 Å². The highest BCUT2D eigenvalue weighted by molar-refractivity contribution is 7.73. The van der Waals surface area contributed by atoms with Gasteiger partial charge in [0, 0.05) is 11.1 Å². The Bertz CT molecular complexity index is 415. The van der Waals surface area contributed by atoms with Crippen LogP contribution in [-0.4, -0.2) is 15.2 Å². The fraction of sp³-hybridized carbons (Fsp3) is 0.167. The maximum atomic E-state index is 4.90. The molecule has 2 aromatic rings. The smallest absolute Gasteiger partial charge is 0.204 e. The summed E-state index contributed by atoms with van der Waals surface area (Å²) in [6.45, 7) is 0.751. The highest BCUT2D eigenvalue weighted by atomic mass is 32.1. The van der Waals surface area contributed by atoms with E-state index in [4.69, 9.17) is 12.2 Å². The number of hydrogen-bond acceptors (Lipinski definition) is 6. The van der Waals surface area contributed by atoms with Crippen LogP contribution in [-0.2, 0) is 6.54 Å². The molecule has 0 amide bonds. The van der Waals surface area contributed by atoms with Crippen molar-refractivity contribution in [2.45, 2.75) is 6.54 Å². The van der Waals surface area contributed by atoms with Crippen LogP contribution in [0.4, 0.5) is 5.13 Å². The molecule has 7 heteroatoms. The van der Waals surface area contributed by atoms with E-state index in [1.54, 1.807) is 11.3 Å². The summed E-state index contributed by atoms with van der Waals surface area (Å²) in [6, 6.07) is 0. The molecule has 2 rings (SSSR count). The summed E-state index contributed by atoms with van der Waals surface area (Å²) in [4.78, 5) is 5.15. The predicted molar refractivity (Wildman–Crippen MR) is 56.7 cm³/mol. The van der Waals surface area contributed by atoms with Gasteiger partial charge in [-0.3, -0.25) is 10.1 Å². The van der Waals surface area contributed by atoms with Crippen LogP contribution < -0.4 is 5.32 Å². The zero-order valence-electron chi connectivity index (χ0n) is 6.48. The molecule has 0 saturated carbocycles. The fourth-order valence-corrected chi connectivity index (χ4v) is 2.12. The second kappa shape index (κ2) is 3.95. The average molecular weight is 230 g/mol. The van der Waals surface area contributed by atoms with Gasteiger partial charge in [0.2, 0.25) is 5.13 Å². The second-order valence-electron chi connectivity index (χ2n) is 2.24. The van der Waals surface area contributed by atoms with Crippen LogP contribution in [0.15, 0.2) is 11.7 Å². The molecule has 0 atom stereocenters. The molecule has 0 aliphatic carbocycles. The van der Waals surface area contributed by atoms with E-state index in [0.29, 0.717) is 3.95 Å². The Hall–Kier alpha value is -0.790. The van der Waals surface area contributed by atoms with Crippen LogP contribution in [0.25, 0.3) is 0 Å². The lowest BCUT2D eigenvalue weighted by Crippen LogP contribution is -1.96. The van der Waals surface area contributed by atoms with Crippen molar-refractivity contribution in [2.75, 3.05) is 5.32 Å². The van der Waals surface area contributed by atoms with E-state index in [2.05, 4.69) is 20.5 Å². The Morgan fingerprint density at radius 2 is 2.54 bits per heavy atom. The van der Waals surface area contributed by atoms with Crippen LogP contribution in [0.1, 0.15) is 4.88 Å². The molecule has 0 radical (unpaired) electrons. The van der Waals surface area contributed by atoms with Gasteiger partial charge in [-0.15, -0.1) is 16.4 Å². The van der Waals surface area contributed by atoms with Crippen molar-refractivity contribution in [1.29, 1.82) is 0 Å². The quantitative estimate of drug-likeness (QED) is 0.794. The maximum absolute atomic E-state index is 4.90. The SMILES string of the molecule is S=c1[nH]nc(NCc2cncs2)s1. The van der Waals surface area contributed by atoms with E-state index in [1.807, 2.05) is 11.7 Å². The standard InChI is InChI=1S/C6H6N4S3/c11-6-10-9-5(13-6)8-2-4-1-7-3-12-4/h1,3H,2H2,(H,8,9)(H,10,11). The Balaban J connectivity index is 1.97. The largest absolute Gasteiger partial charge is 0.355 e. The summed E-state index contributed by atoms with van der Waals surface area (Å²) < 4.78 is 0.687. The van der Waals surface area contributed by atoms with Crippen LogP contribution in [0.3, 0.4) is 0 Å². The first-order chi connectivity index (χ1) is 6.34. The van der Waals surface area contributed by atoms with Gasteiger partial charge in [0.15, 0.2) is 3.95 Å². The van der Waals surface area contributed by atoms with E-state index in [1.165, 1.54) is 16.2 Å². The number of rotatable bonds is 3. The molecule has 0 saturated heterocycles. The molecule has 0 aliphatic rings. The second-order valence-corrected chi connectivity index (χ2v) is 4.88. The van der Waals surface area contributed by atoms with Gasteiger partial charge in [0.05, 0.1) is 12.1 Å². The monoisotopic (exact) mass is 230 g/mol. The minimum atomic E-state index is 0.687. The van der Waals surface area contributed by atoms with Gasteiger partial charge in [-0.1, -0.05) is 11.3 Å². The van der Waals surface area contributed by atoms with Crippen LogP contribution in [0.5, 0.6) is 0 Å². The Morgan fingerprint density at radius 3 is 3.15 bits per heavy atom. The summed E-state index contributed by atoms with van der Waals surface area (Å²) in [5.41, 5.74) is 1.81. The molecule has 0 aliphatic heterocycles.